The average Bonchev–Trinajstić information content (AvgIpc) is 3.02. The van der Waals surface area contributed by atoms with Crippen molar-refractivity contribution < 1.29 is 14.7 Å². The zero-order valence-corrected chi connectivity index (χ0v) is 19.0. The van der Waals surface area contributed by atoms with Crippen LogP contribution in [0.25, 0.3) is 0 Å². The molecule has 29 heavy (non-hydrogen) atoms. The van der Waals surface area contributed by atoms with Gasteiger partial charge in [-0.2, -0.15) is 0 Å². The monoisotopic (exact) mass is 404 g/mol. The molecule has 1 heterocycles. The van der Waals surface area contributed by atoms with Crippen LogP contribution in [0.4, 0.5) is 0 Å². The number of rotatable bonds is 3. The molecule has 7 atom stereocenters. The fourth-order valence-corrected chi connectivity index (χ4v) is 8.04. The summed E-state index contributed by atoms with van der Waals surface area (Å²) in [6.45, 7) is 8.55. The number of aliphatic hydroxyl groups is 1. The van der Waals surface area contributed by atoms with E-state index in [1.54, 1.807) is 0 Å². The highest BCUT2D eigenvalue weighted by Gasteiger charge is 2.62. The second kappa shape index (κ2) is 6.96. The number of aliphatic hydroxyl groups excluding tert-OH is 1. The van der Waals surface area contributed by atoms with E-state index in [2.05, 4.69) is 24.1 Å². The largest absolute Gasteiger partial charge is 0.394 e. The minimum absolute atomic E-state index is 0.0394. The summed E-state index contributed by atoms with van der Waals surface area (Å²) in [6, 6.07) is 0.389. The zero-order chi connectivity index (χ0) is 21.2. The molecule has 4 rings (SSSR count). The fraction of sp³-hybridized carbons (Fsp3) is 0.917. The van der Waals surface area contributed by atoms with E-state index in [-0.39, 0.29) is 29.3 Å². The van der Waals surface area contributed by atoms with Crippen LogP contribution in [0.1, 0.15) is 79.1 Å². The molecule has 2 N–H and O–H groups in total. The van der Waals surface area contributed by atoms with Gasteiger partial charge in [0.05, 0.1) is 12.1 Å². The van der Waals surface area contributed by atoms with Gasteiger partial charge >= 0.3 is 0 Å². The van der Waals surface area contributed by atoms with Crippen molar-refractivity contribution in [3.8, 4) is 0 Å². The molecule has 1 saturated heterocycles. The third kappa shape index (κ3) is 3.14. The van der Waals surface area contributed by atoms with E-state index in [0.717, 1.165) is 32.1 Å². The lowest BCUT2D eigenvalue weighted by atomic mass is 9.47. The van der Waals surface area contributed by atoms with E-state index in [1.807, 2.05) is 20.9 Å². The molecule has 0 aromatic rings. The van der Waals surface area contributed by atoms with Crippen LogP contribution in [0.15, 0.2) is 0 Å². The minimum Gasteiger partial charge on any atom is -0.394 e. The minimum atomic E-state index is -0.562. The summed E-state index contributed by atoms with van der Waals surface area (Å²) in [4.78, 5) is 27.5. The van der Waals surface area contributed by atoms with Crippen molar-refractivity contribution in [2.24, 2.45) is 34.5 Å². The third-order valence-electron chi connectivity index (χ3n) is 9.73. The predicted molar refractivity (Wildman–Crippen MR) is 113 cm³/mol. The van der Waals surface area contributed by atoms with E-state index in [9.17, 15) is 14.7 Å². The van der Waals surface area contributed by atoms with E-state index >= 15 is 0 Å². The zero-order valence-electron chi connectivity index (χ0n) is 19.0. The Morgan fingerprint density at radius 1 is 1.10 bits per heavy atom. The summed E-state index contributed by atoms with van der Waals surface area (Å²) in [6.07, 6.45) is 8.42. The van der Waals surface area contributed by atoms with Gasteiger partial charge in [-0.1, -0.05) is 13.8 Å². The van der Waals surface area contributed by atoms with Crippen LogP contribution in [0.2, 0.25) is 0 Å². The fourth-order valence-electron chi connectivity index (χ4n) is 8.04. The Morgan fingerprint density at radius 3 is 2.48 bits per heavy atom. The normalized spacial score (nSPS) is 44.7. The number of carbonyl (C=O) groups excluding carboxylic acids is 2. The van der Waals surface area contributed by atoms with Gasteiger partial charge < -0.3 is 15.3 Å². The number of fused-ring (bicyclic) bond motifs is 5. The molecular formula is C24H40N2O3. The molecule has 0 aromatic carbocycles. The number of nitrogens with one attached hydrogen (secondary N) is 1. The molecule has 3 saturated carbocycles. The van der Waals surface area contributed by atoms with Gasteiger partial charge in [-0.15, -0.1) is 0 Å². The molecule has 5 heteroatoms. The number of likely N-dealkylation sites (tertiary alicyclic amines) is 1. The average molecular weight is 405 g/mol. The van der Waals surface area contributed by atoms with Gasteiger partial charge in [0, 0.05) is 25.4 Å². The predicted octanol–water partition coefficient (Wildman–Crippen LogP) is 3.35. The van der Waals surface area contributed by atoms with E-state index in [1.165, 1.54) is 12.8 Å². The Hall–Kier alpha value is -1.10. The van der Waals surface area contributed by atoms with Crippen molar-refractivity contribution in [1.82, 2.24) is 10.2 Å². The highest BCUT2D eigenvalue weighted by Crippen LogP contribution is 2.66. The van der Waals surface area contributed by atoms with Crippen LogP contribution in [-0.2, 0) is 9.59 Å². The maximum atomic E-state index is 13.1. The molecule has 164 valence electrons. The Balaban J connectivity index is 1.55. The summed E-state index contributed by atoms with van der Waals surface area (Å²) in [5.74, 6) is 2.47. The Kier molecular flexibility index (Phi) is 5.08. The van der Waals surface area contributed by atoms with Gasteiger partial charge in [-0.3, -0.25) is 9.59 Å². The number of nitrogens with zero attached hydrogens (tertiary/aromatic N) is 1. The molecule has 0 radical (unpaired) electrons. The Bertz CT molecular complexity index is 692. The highest BCUT2D eigenvalue weighted by molar-refractivity contribution is 5.80. The first-order chi connectivity index (χ1) is 13.5. The second-order valence-electron chi connectivity index (χ2n) is 11.7. The summed E-state index contributed by atoms with van der Waals surface area (Å²) >= 11 is 0. The van der Waals surface area contributed by atoms with E-state index in [4.69, 9.17) is 0 Å². The van der Waals surface area contributed by atoms with Gasteiger partial charge in [0.2, 0.25) is 11.8 Å². The smallest absolute Gasteiger partial charge is 0.224 e. The standard InChI is InChI=1S/C24H40N2O3/c1-22(2,14-27)25-21(29)18-8-7-16-15-6-9-19-24(4,13-11-20(28)26(19)5)17(15)10-12-23(16,18)3/h15-19,27H,6-14H2,1-5H3,(H,25,29)/t15-,16-,17-,18+,19+,23-,24+/m0/s1. The molecule has 4 aliphatic rings. The lowest BCUT2D eigenvalue weighted by molar-refractivity contribution is -0.160. The summed E-state index contributed by atoms with van der Waals surface area (Å²) in [7, 11) is 2.01. The van der Waals surface area contributed by atoms with Crippen LogP contribution in [0, 0.1) is 34.5 Å². The molecule has 0 unspecified atom stereocenters. The third-order valence-corrected chi connectivity index (χ3v) is 9.73. The summed E-state index contributed by atoms with van der Waals surface area (Å²) < 4.78 is 0. The number of hydrogen-bond donors (Lipinski definition) is 2. The maximum Gasteiger partial charge on any atom is 0.224 e. The number of carbonyl (C=O) groups is 2. The Labute approximate surface area is 176 Å². The van der Waals surface area contributed by atoms with Gasteiger partial charge in [-0.25, -0.2) is 0 Å². The van der Waals surface area contributed by atoms with Crippen molar-refractivity contribution >= 4 is 11.8 Å². The molecule has 4 fully saturated rings. The number of piperidine rings is 1. The molecule has 1 aliphatic heterocycles. The van der Waals surface area contributed by atoms with Crippen molar-refractivity contribution in [3.05, 3.63) is 0 Å². The van der Waals surface area contributed by atoms with E-state index in [0.29, 0.717) is 36.1 Å². The van der Waals surface area contributed by atoms with Gasteiger partial charge in [-0.05, 0) is 87.4 Å². The molecule has 0 aromatic heterocycles. The molecule has 3 aliphatic carbocycles. The topological polar surface area (TPSA) is 69.6 Å². The first-order valence-corrected chi connectivity index (χ1v) is 11.7. The van der Waals surface area contributed by atoms with Crippen molar-refractivity contribution in [1.29, 1.82) is 0 Å². The first kappa shape index (κ1) is 21.1. The first-order valence-electron chi connectivity index (χ1n) is 11.7. The van der Waals surface area contributed by atoms with Crippen LogP contribution in [0.5, 0.6) is 0 Å². The molecule has 0 bridgehead atoms. The van der Waals surface area contributed by atoms with Gasteiger partial charge in [0.15, 0.2) is 0 Å². The molecule has 2 amide bonds. The quantitative estimate of drug-likeness (QED) is 0.758. The number of hydrogen-bond acceptors (Lipinski definition) is 3. The highest BCUT2D eigenvalue weighted by atomic mass is 16.3. The Morgan fingerprint density at radius 2 is 1.79 bits per heavy atom. The lowest BCUT2D eigenvalue weighted by Crippen LogP contribution is -2.61. The van der Waals surface area contributed by atoms with Crippen molar-refractivity contribution in [3.63, 3.8) is 0 Å². The van der Waals surface area contributed by atoms with Gasteiger partial charge in [0.25, 0.3) is 0 Å². The van der Waals surface area contributed by atoms with Crippen LogP contribution >= 0.6 is 0 Å². The second-order valence-corrected chi connectivity index (χ2v) is 11.7. The molecule has 0 spiro atoms. The summed E-state index contributed by atoms with van der Waals surface area (Å²) in [5, 5.41) is 12.7. The van der Waals surface area contributed by atoms with Crippen LogP contribution in [0.3, 0.4) is 0 Å². The molecular weight excluding hydrogens is 364 g/mol. The van der Waals surface area contributed by atoms with Gasteiger partial charge in [0.1, 0.15) is 0 Å². The maximum absolute atomic E-state index is 13.1. The van der Waals surface area contributed by atoms with Crippen LogP contribution < -0.4 is 5.32 Å². The van der Waals surface area contributed by atoms with E-state index < -0.39 is 5.54 Å². The summed E-state index contributed by atoms with van der Waals surface area (Å²) in [5.41, 5.74) is -0.268. The van der Waals surface area contributed by atoms with Crippen LogP contribution in [-0.4, -0.2) is 47.1 Å². The van der Waals surface area contributed by atoms with Crippen molar-refractivity contribution in [2.75, 3.05) is 13.7 Å². The number of amides is 2. The SMILES string of the molecule is CN1C(=O)CC[C@]2(C)[C@H]3CC[C@]4(C)[C@@H](C(=O)NC(C)(C)CO)CC[C@H]4[C@@H]3CC[C@@H]12. The lowest BCUT2D eigenvalue weighted by Gasteiger charge is -2.61. The van der Waals surface area contributed by atoms with Crippen molar-refractivity contribution in [2.45, 2.75) is 90.6 Å². The molecule has 5 nitrogen and oxygen atoms in total.